The summed E-state index contributed by atoms with van der Waals surface area (Å²) >= 11 is 0. The van der Waals surface area contributed by atoms with E-state index in [1.807, 2.05) is 0 Å². The topological polar surface area (TPSA) is 102 Å². The first-order valence-electron chi connectivity index (χ1n) is 9.54. The molecule has 1 aromatic heterocycles. The average molecular weight is 439 g/mol. The van der Waals surface area contributed by atoms with Gasteiger partial charge < -0.3 is 10.6 Å². The van der Waals surface area contributed by atoms with Crippen molar-refractivity contribution in [2.45, 2.75) is 44.6 Å². The molecule has 0 spiro atoms. The molecule has 3 unspecified atom stereocenters. The maximum Gasteiger partial charge on any atom is 0.250 e. The van der Waals surface area contributed by atoms with Gasteiger partial charge in [0.2, 0.25) is 5.91 Å². The lowest BCUT2D eigenvalue weighted by molar-refractivity contribution is -0.135. The first kappa shape index (κ1) is 20.9. The van der Waals surface area contributed by atoms with Crippen molar-refractivity contribution in [1.82, 2.24) is 19.0 Å². The second-order valence-electron chi connectivity index (χ2n) is 7.98. The monoisotopic (exact) mass is 439 g/mol. The molecule has 162 valence electrons. The van der Waals surface area contributed by atoms with Crippen molar-refractivity contribution in [2.24, 2.45) is 5.73 Å². The summed E-state index contributed by atoms with van der Waals surface area (Å²) < 4.78 is 52.5. The zero-order valence-corrected chi connectivity index (χ0v) is 17.4. The number of piperidine rings is 1. The molecule has 1 aromatic carbocycles. The minimum Gasteiger partial charge on any atom is -0.333 e. The second kappa shape index (κ2) is 7.40. The number of fused-ring (bicyclic) bond motifs is 1. The number of carbonyl (C=O) groups is 1. The third-order valence-electron chi connectivity index (χ3n) is 5.81. The highest BCUT2D eigenvalue weighted by Crippen LogP contribution is 2.36. The van der Waals surface area contributed by atoms with Gasteiger partial charge in [-0.05, 0) is 24.6 Å². The number of likely N-dealkylation sites (tertiary alicyclic amines) is 1. The van der Waals surface area contributed by atoms with E-state index >= 15 is 0 Å². The fourth-order valence-corrected chi connectivity index (χ4v) is 4.96. The third kappa shape index (κ3) is 3.72. The fraction of sp³-hybridized carbons (Fsp3) is 0.474. The van der Waals surface area contributed by atoms with Gasteiger partial charge in [-0.3, -0.25) is 9.69 Å². The van der Waals surface area contributed by atoms with Gasteiger partial charge in [-0.15, -0.1) is 0 Å². The smallest absolute Gasteiger partial charge is 0.250 e. The molecule has 1 fully saturated rings. The molecule has 30 heavy (non-hydrogen) atoms. The summed E-state index contributed by atoms with van der Waals surface area (Å²) in [5, 5.41) is 4.15. The Morgan fingerprint density at radius 2 is 2.00 bits per heavy atom. The van der Waals surface area contributed by atoms with Gasteiger partial charge in [0.1, 0.15) is 11.6 Å². The van der Waals surface area contributed by atoms with Crippen LogP contribution in [0, 0.1) is 11.6 Å². The molecule has 2 aliphatic rings. The van der Waals surface area contributed by atoms with Crippen LogP contribution in [0.2, 0.25) is 0 Å². The van der Waals surface area contributed by atoms with E-state index < -0.39 is 33.7 Å². The summed E-state index contributed by atoms with van der Waals surface area (Å²) in [6, 6.07) is 1.71. The number of hydrogen-bond donors (Lipinski definition) is 1. The number of halogens is 2. The van der Waals surface area contributed by atoms with E-state index in [4.69, 9.17) is 5.73 Å². The van der Waals surface area contributed by atoms with Crippen LogP contribution >= 0.6 is 0 Å². The summed E-state index contributed by atoms with van der Waals surface area (Å²) in [5.74, 6) is -1.46. The van der Waals surface area contributed by atoms with Crippen LogP contribution in [0.15, 0.2) is 24.4 Å². The molecule has 0 radical (unpaired) electrons. The Balaban J connectivity index is 1.56. The van der Waals surface area contributed by atoms with E-state index in [0.29, 0.717) is 31.7 Å². The van der Waals surface area contributed by atoms with Gasteiger partial charge in [-0.2, -0.15) is 9.19 Å². The van der Waals surface area contributed by atoms with Gasteiger partial charge in [-0.25, -0.2) is 17.2 Å². The quantitative estimate of drug-likeness (QED) is 0.765. The SMILES string of the molecule is CC(=O)N1CC(N2Cc3cn(S(C)(=O)=O)nc3C2)CC(N)C1c1cc(F)ccc1F. The van der Waals surface area contributed by atoms with Crippen LogP contribution in [0.3, 0.4) is 0 Å². The van der Waals surface area contributed by atoms with Crippen LogP contribution in [0.4, 0.5) is 8.78 Å². The molecule has 4 rings (SSSR count). The Morgan fingerprint density at radius 3 is 2.63 bits per heavy atom. The number of amides is 1. The summed E-state index contributed by atoms with van der Waals surface area (Å²) in [7, 11) is -3.45. The molecule has 0 bridgehead atoms. The molecule has 0 saturated carbocycles. The van der Waals surface area contributed by atoms with Gasteiger partial charge in [0.15, 0.2) is 0 Å². The Kier molecular flexibility index (Phi) is 5.15. The van der Waals surface area contributed by atoms with Gasteiger partial charge in [0.25, 0.3) is 10.0 Å². The van der Waals surface area contributed by atoms with Gasteiger partial charge in [-0.1, -0.05) is 0 Å². The van der Waals surface area contributed by atoms with Crippen molar-refractivity contribution >= 4 is 15.9 Å². The van der Waals surface area contributed by atoms with Crippen LogP contribution in [0.1, 0.15) is 36.2 Å². The fourth-order valence-electron chi connectivity index (χ4n) is 4.40. The Hall–Kier alpha value is -2.37. The highest BCUT2D eigenvalue weighted by atomic mass is 32.2. The number of carbonyl (C=O) groups excluding carboxylic acids is 1. The normalized spacial score (nSPS) is 24.8. The molecule has 3 heterocycles. The van der Waals surface area contributed by atoms with Gasteiger partial charge in [0.05, 0.1) is 18.0 Å². The van der Waals surface area contributed by atoms with E-state index in [0.717, 1.165) is 34.1 Å². The summed E-state index contributed by atoms with van der Waals surface area (Å²) in [6.45, 7) is 2.60. The average Bonchev–Trinajstić information content (AvgIpc) is 3.22. The number of hydrogen-bond acceptors (Lipinski definition) is 6. The number of nitrogens with two attached hydrogens (primary N) is 1. The molecular weight excluding hydrogens is 416 g/mol. The summed E-state index contributed by atoms with van der Waals surface area (Å²) in [4.78, 5) is 15.9. The van der Waals surface area contributed by atoms with Crippen molar-refractivity contribution in [3.05, 3.63) is 52.9 Å². The number of aromatic nitrogens is 2. The number of rotatable bonds is 3. The largest absolute Gasteiger partial charge is 0.333 e. The first-order valence-corrected chi connectivity index (χ1v) is 11.4. The standard InChI is InChI=1S/C19H23F2N5O3S/c1-11(27)25-9-14(6-17(22)19(25)15-5-13(20)3-4-16(15)21)24-7-12-8-26(30(2,28)29)23-18(12)10-24/h3-5,8,14,17,19H,6-7,9-10,22H2,1-2H3. The van der Waals surface area contributed by atoms with E-state index in [2.05, 4.69) is 10.00 Å². The first-order chi connectivity index (χ1) is 14.0. The molecule has 2 aromatic rings. The molecule has 2 aliphatic heterocycles. The number of nitrogens with zero attached hydrogens (tertiary/aromatic N) is 4. The number of benzene rings is 1. The minimum atomic E-state index is -3.45. The van der Waals surface area contributed by atoms with Crippen molar-refractivity contribution < 1.29 is 22.0 Å². The lowest BCUT2D eigenvalue weighted by Gasteiger charge is -2.46. The van der Waals surface area contributed by atoms with Crippen LogP contribution in [0.5, 0.6) is 0 Å². The van der Waals surface area contributed by atoms with Crippen LogP contribution in [-0.2, 0) is 27.9 Å². The second-order valence-corrected chi connectivity index (χ2v) is 9.82. The van der Waals surface area contributed by atoms with Gasteiger partial charge in [0, 0.05) is 56.0 Å². The van der Waals surface area contributed by atoms with E-state index in [1.54, 1.807) is 0 Å². The van der Waals surface area contributed by atoms with Crippen molar-refractivity contribution in [3.8, 4) is 0 Å². The zero-order chi connectivity index (χ0) is 21.8. The van der Waals surface area contributed by atoms with Crippen LogP contribution < -0.4 is 5.73 Å². The third-order valence-corrected chi connectivity index (χ3v) is 6.68. The lowest BCUT2D eigenvalue weighted by atomic mass is 9.87. The lowest BCUT2D eigenvalue weighted by Crippen LogP contribution is -2.57. The van der Waals surface area contributed by atoms with Crippen LogP contribution in [0.25, 0.3) is 0 Å². The summed E-state index contributed by atoms with van der Waals surface area (Å²) in [5.41, 5.74) is 7.92. The molecular formula is C19H23F2N5O3S. The highest BCUT2D eigenvalue weighted by molar-refractivity contribution is 7.89. The van der Waals surface area contributed by atoms with Crippen LogP contribution in [-0.4, -0.2) is 58.2 Å². The highest BCUT2D eigenvalue weighted by Gasteiger charge is 2.41. The molecule has 2 N–H and O–H groups in total. The van der Waals surface area contributed by atoms with E-state index in [9.17, 15) is 22.0 Å². The van der Waals surface area contributed by atoms with Crippen molar-refractivity contribution in [2.75, 3.05) is 12.8 Å². The van der Waals surface area contributed by atoms with Crippen molar-refractivity contribution in [1.29, 1.82) is 0 Å². The Morgan fingerprint density at radius 1 is 1.27 bits per heavy atom. The zero-order valence-electron chi connectivity index (χ0n) is 16.6. The predicted molar refractivity (Wildman–Crippen MR) is 105 cm³/mol. The maximum absolute atomic E-state index is 14.4. The van der Waals surface area contributed by atoms with E-state index in [-0.39, 0.29) is 17.5 Å². The molecule has 1 saturated heterocycles. The minimum absolute atomic E-state index is 0.0744. The van der Waals surface area contributed by atoms with Gasteiger partial charge >= 0.3 is 0 Å². The predicted octanol–water partition coefficient (Wildman–Crippen LogP) is 0.974. The maximum atomic E-state index is 14.4. The summed E-state index contributed by atoms with van der Waals surface area (Å²) in [6.07, 6.45) is 3.06. The molecule has 11 heteroatoms. The van der Waals surface area contributed by atoms with E-state index in [1.165, 1.54) is 18.0 Å². The Labute approximate surface area is 173 Å². The molecule has 8 nitrogen and oxygen atoms in total. The Bertz CT molecular complexity index is 1080. The molecule has 1 amide bonds. The molecule has 3 atom stereocenters. The molecule has 0 aliphatic carbocycles. The van der Waals surface area contributed by atoms with Crippen molar-refractivity contribution in [3.63, 3.8) is 0 Å².